The average Bonchev–Trinajstić information content (AvgIpc) is 3.96. The largest absolute Gasteiger partial charge is 0.449 e. The number of hydrogen-bond acceptors (Lipinski definition) is 11. The second-order valence-electron chi connectivity index (χ2n) is 14.6. The number of allylic oxidation sites excluding steroid dienone is 1. The van der Waals surface area contributed by atoms with Crippen molar-refractivity contribution in [1.82, 2.24) is 24.8 Å². The molecule has 2 aromatic carbocycles. The molecule has 0 spiro atoms. The summed E-state index contributed by atoms with van der Waals surface area (Å²) in [6.07, 6.45) is 7.00. The highest BCUT2D eigenvalue weighted by Gasteiger charge is 2.30. The van der Waals surface area contributed by atoms with E-state index in [0.29, 0.717) is 28.4 Å². The van der Waals surface area contributed by atoms with Gasteiger partial charge in [-0.25, -0.2) is 15.0 Å². The average molecular weight is 876 g/mol. The second-order valence-corrected chi connectivity index (χ2v) is 15.7. The van der Waals surface area contributed by atoms with Crippen molar-refractivity contribution in [3.05, 3.63) is 130 Å². The summed E-state index contributed by atoms with van der Waals surface area (Å²) in [5.41, 5.74) is 3.03. The van der Waals surface area contributed by atoms with Crippen molar-refractivity contribution < 1.29 is 33.5 Å². The molecule has 342 valence electrons. The van der Waals surface area contributed by atoms with E-state index in [9.17, 15) is 29.1 Å². The lowest BCUT2D eigenvalue weighted by Gasteiger charge is -2.25. The molecule has 0 saturated heterocycles. The van der Waals surface area contributed by atoms with Crippen LogP contribution in [0, 0.1) is 37.5 Å². The third-order valence-electron chi connectivity index (χ3n) is 8.16. The SMILES string of the molecule is C.C.C.C.CC(C)C(=O)/C=C/c1cn(C)cn1.CC(C)C(=O)C(O)C(NC(=O)c1ccccc1)c1ccccc1.Cc1nc(C(=O)C(C)C)co1.Cc1nc(C(=O)C(C)C)cs1. The summed E-state index contributed by atoms with van der Waals surface area (Å²) in [6, 6.07) is 17.0. The quantitative estimate of drug-likeness (QED) is 0.0855. The fourth-order valence-corrected chi connectivity index (χ4v) is 5.35. The van der Waals surface area contributed by atoms with Gasteiger partial charge in [-0.15, -0.1) is 11.3 Å². The van der Waals surface area contributed by atoms with Crippen LogP contribution in [0.1, 0.15) is 145 Å². The standard InChI is InChI=1S/C19H21NO3.C10H14N2O.C8H11NO2.C8H11NOS.4CH4/c1-13(2)17(21)18(22)16(14-9-5-3-6-10-14)20-19(23)15-11-7-4-8-12-15;1-8(2)10(13)5-4-9-6-12(3)7-11-9;2*1-5(2)8(10)7-4-11-6(3)9-7;;;;/h3-13,16,18,22H,1-2H3,(H,20,23);4-8H,1-3H3;2*4-5H,1-3H3;4*1H4/b;5-4+;;;;;;. The first-order valence-corrected chi connectivity index (χ1v) is 19.9. The zero-order valence-electron chi connectivity index (χ0n) is 35.3. The Morgan fingerprint density at radius 1 is 0.742 bits per heavy atom. The van der Waals surface area contributed by atoms with Gasteiger partial charge in [-0.1, -0.05) is 134 Å². The number of nitrogens with one attached hydrogen (secondary N) is 1. The fraction of sp³-hybridized carbons (Fsp3) is 0.429. The third-order valence-corrected chi connectivity index (χ3v) is 8.93. The number of imidazole rings is 1. The maximum absolute atomic E-state index is 12.4. The molecule has 2 atom stereocenters. The molecule has 12 nitrogen and oxygen atoms in total. The number of thiazole rings is 1. The monoisotopic (exact) mass is 876 g/mol. The summed E-state index contributed by atoms with van der Waals surface area (Å²) < 4.78 is 6.75. The Morgan fingerprint density at radius 3 is 1.69 bits per heavy atom. The molecule has 13 heteroatoms. The van der Waals surface area contributed by atoms with Crippen LogP contribution < -0.4 is 5.32 Å². The van der Waals surface area contributed by atoms with E-state index in [1.807, 2.05) is 95.9 Å². The minimum Gasteiger partial charge on any atom is -0.449 e. The minimum absolute atomic E-state index is 0. The van der Waals surface area contributed by atoms with Crippen molar-refractivity contribution in [2.75, 3.05) is 0 Å². The van der Waals surface area contributed by atoms with Gasteiger partial charge in [0.05, 0.1) is 23.1 Å². The molecule has 5 aromatic rings. The van der Waals surface area contributed by atoms with Gasteiger partial charge < -0.3 is 19.4 Å². The molecule has 62 heavy (non-hydrogen) atoms. The van der Waals surface area contributed by atoms with Crippen molar-refractivity contribution in [3.8, 4) is 0 Å². The molecule has 0 saturated carbocycles. The van der Waals surface area contributed by atoms with Gasteiger partial charge in [-0.05, 0) is 36.8 Å². The van der Waals surface area contributed by atoms with Crippen molar-refractivity contribution in [2.24, 2.45) is 30.7 Å². The van der Waals surface area contributed by atoms with Crippen LogP contribution >= 0.6 is 11.3 Å². The molecule has 0 aliphatic carbocycles. The summed E-state index contributed by atoms with van der Waals surface area (Å²) >= 11 is 1.52. The molecule has 3 heterocycles. The number of oxazole rings is 1. The molecule has 3 aromatic heterocycles. The highest BCUT2D eigenvalue weighted by molar-refractivity contribution is 7.09. The number of aliphatic hydroxyl groups excluding tert-OH is 1. The molecular weight excluding hydrogens is 803 g/mol. The zero-order chi connectivity index (χ0) is 43.5. The lowest BCUT2D eigenvalue weighted by Crippen LogP contribution is -2.41. The van der Waals surface area contributed by atoms with Crippen LogP contribution in [0.15, 0.2) is 95.3 Å². The Morgan fingerprint density at radius 2 is 1.27 bits per heavy atom. The highest BCUT2D eigenvalue weighted by Crippen LogP contribution is 2.21. The molecule has 5 rings (SSSR count). The van der Waals surface area contributed by atoms with Gasteiger partial charge in [-0.2, -0.15) is 0 Å². The lowest BCUT2D eigenvalue weighted by molar-refractivity contribution is -0.131. The fourth-order valence-electron chi connectivity index (χ4n) is 4.75. The Balaban J connectivity index is -0.000000774. The summed E-state index contributed by atoms with van der Waals surface area (Å²) in [6.45, 7) is 18.3. The predicted octanol–water partition coefficient (Wildman–Crippen LogP) is 11.1. The number of aryl methyl sites for hydroxylation is 3. The molecule has 0 radical (unpaired) electrons. The van der Waals surface area contributed by atoms with Gasteiger partial charge in [0.15, 0.2) is 29.0 Å². The lowest BCUT2D eigenvalue weighted by atomic mass is 9.93. The number of rotatable bonds is 13. The second kappa shape index (κ2) is 30.4. The van der Waals surface area contributed by atoms with Crippen LogP contribution in [0.4, 0.5) is 0 Å². The van der Waals surface area contributed by atoms with Crippen LogP contribution in [-0.2, 0) is 16.6 Å². The molecule has 0 aliphatic rings. The van der Waals surface area contributed by atoms with Crippen LogP contribution in [0.5, 0.6) is 0 Å². The van der Waals surface area contributed by atoms with Crippen molar-refractivity contribution in [1.29, 1.82) is 0 Å². The molecule has 0 aliphatic heterocycles. The number of ketones is 4. The van der Waals surface area contributed by atoms with Crippen molar-refractivity contribution in [2.45, 2.75) is 111 Å². The van der Waals surface area contributed by atoms with E-state index in [0.717, 1.165) is 10.7 Å². The maximum atomic E-state index is 12.4. The summed E-state index contributed by atoms with van der Waals surface area (Å²) in [5, 5.41) is 16.0. The normalized spacial score (nSPS) is 11.1. The van der Waals surface area contributed by atoms with Crippen LogP contribution in [0.25, 0.3) is 6.08 Å². The van der Waals surface area contributed by atoms with E-state index in [-0.39, 0.29) is 82.4 Å². The Kier molecular flexibility index (Phi) is 29.7. The topological polar surface area (TPSA) is 174 Å². The van der Waals surface area contributed by atoms with Crippen molar-refractivity contribution in [3.63, 3.8) is 0 Å². The van der Waals surface area contributed by atoms with Gasteiger partial charge in [-0.3, -0.25) is 24.0 Å². The summed E-state index contributed by atoms with van der Waals surface area (Å²) in [4.78, 5) is 70.4. The van der Waals surface area contributed by atoms with E-state index in [4.69, 9.17) is 4.42 Å². The molecule has 2 unspecified atom stereocenters. The molecule has 0 fully saturated rings. The molecule has 2 N–H and O–H groups in total. The number of carbonyl (C=O) groups is 5. The number of hydrogen-bond donors (Lipinski definition) is 2. The molecular formula is C49H73N5O7S. The number of amides is 1. The van der Waals surface area contributed by atoms with Gasteiger partial charge in [0.25, 0.3) is 5.91 Å². The number of carbonyl (C=O) groups excluding carboxylic acids is 5. The number of benzene rings is 2. The zero-order valence-corrected chi connectivity index (χ0v) is 36.1. The number of nitrogens with zero attached hydrogens (tertiary/aromatic N) is 4. The Bertz CT molecular complexity index is 2020. The van der Waals surface area contributed by atoms with Gasteiger partial charge >= 0.3 is 0 Å². The van der Waals surface area contributed by atoms with E-state index in [1.54, 1.807) is 75.6 Å². The summed E-state index contributed by atoms with van der Waals surface area (Å²) in [5.74, 6) is -0.0149. The first kappa shape index (κ1) is 60.6. The van der Waals surface area contributed by atoms with Crippen LogP contribution in [0.2, 0.25) is 0 Å². The number of aromatic nitrogens is 4. The Labute approximate surface area is 375 Å². The van der Waals surface area contributed by atoms with Gasteiger partial charge in [0.1, 0.15) is 23.8 Å². The number of aliphatic hydroxyl groups is 1. The number of Topliss-reactive ketones (excluding diaryl/α,β-unsaturated/α-hetero) is 3. The first-order chi connectivity index (χ1) is 27.3. The van der Waals surface area contributed by atoms with Gasteiger partial charge in [0, 0.05) is 54.8 Å². The summed E-state index contributed by atoms with van der Waals surface area (Å²) in [7, 11) is 1.90. The van der Waals surface area contributed by atoms with Crippen LogP contribution in [-0.4, -0.2) is 59.8 Å². The van der Waals surface area contributed by atoms with Crippen LogP contribution in [0.3, 0.4) is 0 Å². The van der Waals surface area contributed by atoms with E-state index >= 15 is 0 Å². The van der Waals surface area contributed by atoms with Gasteiger partial charge in [0.2, 0.25) is 0 Å². The highest BCUT2D eigenvalue weighted by atomic mass is 32.1. The van der Waals surface area contributed by atoms with E-state index < -0.39 is 12.1 Å². The Hall–Kier alpha value is -5.66. The maximum Gasteiger partial charge on any atom is 0.251 e. The minimum atomic E-state index is -1.29. The van der Waals surface area contributed by atoms with E-state index in [2.05, 4.69) is 20.3 Å². The first-order valence-electron chi connectivity index (χ1n) is 19.1. The smallest absolute Gasteiger partial charge is 0.251 e. The predicted molar refractivity (Wildman–Crippen MR) is 254 cm³/mol. The van der Waals surface area contributed by atoms with E-state index in [1.165, 1.54) is 17.6 Å². The third kappa shape index (κ3) is 20.7. The molecule has 0 bridgehead atoms. The molecule has 1 amide bonds. The van der Waals surface area contributed by atoms with Crippen molar-refractivity contribution >= 4 is 46.5 Å².